The summed E-state index contributed by atoms with van der Waals surface area (Å²) in [6.45, 7) is 0. The van der Waals surface area contributed by atoms with Crippen molar-refractivity contribution in [3.05, 3.63) is 77.3 Å². The molecule has 0 amide bonds. The van der Waals surface area contributed by atoms with E-state index in [2.05, 4.69) is 45.5 Å². The first-order chi connectivity index (χ1) is 10.2. The van der Waals surface area contributed by atoms with Gasteiger partial charge in [0.2, 0.25) is 0 Å². The van der Waals surface area contributed by atoms with E-state index in [-0.39, 0.29) is 0 Å². The highest BCUT2D eigenvalue weighted by molar-refractivity contribution is 9.10. The third-order valence-electron chi connectivity index (χ3n) is 3.28. The monoisotopic (exact) mass is 338 g/mol. The number of hydrogen-bond donors (Lipinski definition) is 2. The van der Waals surface area contributed by atoms with Crippen molar-refractivity contribution in [3.63, 3.8) is 0 Å². The van der Waals surface area contributed by atoms with E-state index in [1.807, 2.05) is 48.5 Å². The molecular formula is C18H15BrN2. The van der Waals surface area contributed by atoms with Gasteiger partial charge in [0, 0.05) is 21.5 Å². The fourth-order valence-corrected chi connectivity index (χ4v) is 2.52. The molecule has 3 aromatic carbocycles. The second-order valence-corrected chi connectivity index (χ2v) is 5.66. The Morgan fingerprint density at radius 1 is 0.714 bits per heavy atom. The number of hydrogen-bond acceptors (Lipinski definition) is 2. The third kappa shape index (κ3) is 3.26. The minimum atomic E-state index is 0.751. The van der Waals surface area contributed by atoms with Crippen LogP contribution in [0.2, 0.25) is 0 Å². The van der Waals surface area contributed by atoms with Crippen molar-refractivity contribution in [3.8, 4) is 11.1 Å². The van der Waals surface area contributed by atoms with Crippen molar-refractivity contribution in [1.29, 1.82) is 0 Å². The van der Waals surface area contributed by atoms with Crippen LogP contribution in [0.5, 0.6) is 0 Å². The molecule has 0 aliphatic rings. The van der Waals surface area contributed by atoms with Gasteiger partial charge < -0.3 is 11.1 Å². The first kappa shape index (κ1) is 13.7. The largest absolute Gasteiger partial charge is 0.398 e. The maximum Gasteiger partial charge on any atom is 0.0458 e. The van der Waals surface area contributed by atoms with Gasteiger partial charge in [0.1, 0.15) is 0 Å². The lowest BCUT2D eigenvalue weighted by Gasteiger charge is -2.08. The van der Waals surface area contributed by atoms with Crippen molar-refractivity contribution in [2.45, 2.75) is 0 Å². The molecule has 21 heavy (non-hydrogen) atoms. The van der Waals surface area contributed by atoms with Gasteiger partial charge in [0.15, 0.2) is 0 Å². The normalized spacial score (nSPS) is 10.3. The predicted octanol–water partition coefficient (Wildman–Crippen LogP) is 5.44. The molecule has 3 heteroatoms. The molecule has 0 spiro atoms. The fraction of sp³-hybridized carbons (Fsp3) is 0. The Kier molecular flexibility index (Phi) is 3.93. The highest BCUT2D eigenvalue weighted by Gasteiger charge is 2.01. The van der Waals surface area contributed by atoms with Crippen LogP contribution in [0.25, 0.3) is 11.1 Å². The van der Waals surface area contributed by atoms with Crippen molar-refractivity contribution in [2.75, 3.05) is 11.1 Å². The molecule has 0 aliphatic carbocycles. The Balaban J connectivity index is 1.82. The quantitative estimate of drug-likeness (QED) is 0.624. The first-order valence-electron chi connectivity index (χ1n) is 6.70. The number of para-hydroxylation sites is 1. The van der Waals surface area contributed by atoms with Crippen LogP contribution in [0, 0.1) is 0 Å². The lowest BCUT2D eigenvalue weighted by Crippen LogP contribution is -1.90. The number of benzene rings is 3. The minimum absolute atomic E-state index is 0.751. The van der Waals surface area contributed by atoms with Crippen LogP contribution in [-0.4, -0.2) is 0 Å². The van der Waals surface area contributed by atoms with Gasteiger partial charge in [-0.1, -0.05) is 36.4 Å². The predicted molar refractivity (Wildman–Crippen MR) is 93.7 cm³/mol. The molecule has 0 aromatic heterocycles. The minimum Gasteiger partial charge on any atom is -0.398 e. The van der Waals surface area contributed by atoms with Gasteiger partial charge in [-0.2, -0.15) is 0 Å². The standard InChI is InChI=1S/C18H15BrN2/c19-17-12-14(8-11-18(17)20)13-6-9-16(10-7-13)21-15-4-2-1-3-5-15/h1-12,21H,20H2. The maximum absolute atomic E-state index is 5.82. The molecule has 0 saturated carbocycles. The van der Waals surface area contributed by atoms with Crippen LogP contribution in [0.3, 0.4) is 0 Å². The Morgan fingerprint density at radius 2 is 1.33 bits per heavy atom. The molecule has 3 rings (SSSR count). The van der Waals surface area contributed by atoms with Crippen LogP contribution in [0.4, 0.5) is 17.1 Å². The molecule has 0 heterocycles. The van der Waals surface area contributed by atoms with Crippen LogP contribution < -0.4 is 11.1 Å². The van der Waals surface area contributed by atoms with E-state index in [9.17, 15) is 0 Å². The summed E-state index contributed by atoms with van der Waals surface area (Å²) >= 11 is 3.46. The molecule has 0 fully saturated rings. The second-order valence-electron chi connectivity index (χ2n) is 4.80. The summed E-state index contributed by atoms with van der Waals surface area (Å²) in [4.78, 5) is 0. The third-order valence-corrected chi connectivity index (χ3v) is 3.97. The van der Waals surface area contributed by atoms with Gasteiger partial charge >= 0.3 is 0 Å². The molecule has 0 unspecified atom stereocenters. The average Bonchev–Trinajstić information content (AvgIpc) is 2.52. The summed E-state index contributed by atoms with van der Waals surface area (Å²) in [5, 5.41) is 3.37. The number of anilines is 3. The van der Waals surface area contributed by atoms with Crippen molar-refractivity contribution in [1.82, 2.24) is 0 Å². The SMILES string of the molecule is Nc1ccc(-c2ccc(Nc3ccccc3)cc2)cc1Br. The van der Waals surface area contributed by atoms with Gasteiger partial charge in [-0.15, -0.1) is 0 Å². The summed E-state index contributed by atoms with van der Waals surface area (Å²) in [6, 6.07) is 24.5. The number of nitrogens with one attached hydrogen (secondary N) is 1. The summed E-state index contributed by atoms with van der Waals surface area (Å²) in [5.74, 6) is 0. The fourth-order valence-electron chi connectivity index (χ4n) is 2.14. The van der Waals surface area contributed by atoms with Gasteiger partial charge in [-0.25, -0.2) is 0 Å². The van der Waals surface area contributed by atoms with Crippen LogP contribution in [0.15, 0.2) is 77.3 Å². The smallest absolute Gasteiger partial charge is 0.0458 e. The first-order valence-corrected chi connectivity index (χ1v) is 7.49. The lowest BCUT2D eigenvalue weighted by atomic mass is 10.1. The topological polar surface area (TPSA) is 38.0 Å². The Hall–Kier alpha value is -2.26. The molecule has 0 atom stereocenters. The van der Waals surface area contributed by atoms with Gasteiger partial charge in [0.05, 0.1) is 0 Å². The van der Waals surface area contributed by atoms with Crippen LogP contribution >= 0.6 is 15.9 Å². The van der Waals surface area contributed by atoms with E-state index >= 15 is 0 Å². The zero-order valence-corrected chi connectivity index (χ0v) is 13.0. The number of rotatable bonds is 3. The molecule has 0 saturated heterocycles. The molecule has 0 radical (unpaired) electrons. The van der Waals surface area contributed by atoms with Gasteiger partial charge in [-0.05, 0) is 63.5 Å². The second kappa shape index (κ2) is 6.02. The lowest BCUT2D eigenvalue weighted by molar-refractivity contribution is 1.53. The highest BCUT2D eigenvalue weighted by Crippen LogP contribution is 2.28. The number of halogens is 1. The van der Waals surface area contributed by atoms with Crippen molar-refractivity contribution >= 4 is 33.0 Å². The highest BCUT2D eigenvalue weighted by atomic mass is 79.9. The average molecular weight is 339 g/mol. The van der Waals surface area contributed by atoms with E-state index in [1.54, 1.807) is 0 Å². The molecule has 0 aliphatic heterocycles. The van der Waals surface area contributed by atoms with Gasteiger partial charge in [-0.3, -0.25) is 0 Å². The van der Waals surface area contributed by atoms with Gasteiger partial charge in [0.25, 0.3) is 0 Å². The van der Waals surface area contributed by atoms with E-state index in [1.165, 1.54) is 0 Å². The molecular weight excluding hydrogens is 324 g/mol. The molecule has 3 aromatic rings. The zero-order chi connectivity index (χ0) is 14.7. The van der Waals surface area contributed by atoms with E-state index in [0.717, 1.165) is 32.7 Å². The van der Waals surface area contributed by atoms with Crippen LogP contribution in [0.1, 0.15) is 0 Å². The number of nitrogen functional groups attached to an aromatic ring is 1. The summed E-state index contributed by atoms with van der Waals surface area (Å²) in [7, 11) is 0. The Labute approximate surface area is 132 Å². The summed E-state index contributed by atoms with van der Waals surface area (Å²) in [6.07, 6.45) is 0. The Bertz CT molecular complexity index is 737. The van der Waals surface area contributed by atoms with E-state index in [0.29, 0.717) is 0 Å². The number of nitrogens with two attached hydrogens (primary N) is 1. The summed E-state index contributed by atoms with van der Waals surface area (Å²) < 4.78 is 0.923. The van der Waals surface area contributed by atoms with Crippen LogP contribution in [-0.2, 0) is 0 Å². The molecule has 2 nitrogen and oxygen atoms in total. The zero-order valence-electron chi connectivity index (χ0n) is 11.4. The molecule has 3 N–H and O–H groups in total. The van der Waals surface area contributed by atoms with E-state index in [4.69, 9.17) is 5.73 Å². The Morgan fingerprint density at radius 3 is 2.00 bits per heavy atom. The summed E-state index contributed by atoms with van der Waals surface area (Å²) in [5.41, 5.74) is 11.0. The maximum atomic E-state index is 5.82. The van der Waals surface area contributed by atoms with Crippen molar-refractivity contribution in [2.24, 2.45) is 0 Å². The molecule has 0 bridgehead atoms. The van der Waals surface area contributed by atoms with E-state index < -0.39 is 0 Å². The molecule has 104 valence electrons. The van der Waals surface area contributed by atoms with Crippen molar-refractivity contribution < 1.29 is 0 Å².